The normalized spacial score (nSPS) is 11.4. The Balaban J connectivity index is 0.000000192. The number of hydrogen-bond donors (Lipinski definition) is 4. The van der Waals surface area contributed by atoms with E-state index in [4.69, 9.17) is 21.6 Å². The van der Waals surface area contributed by atoms with Crippen molar-refractivity contribution in [1.29, 1.82) is 0 Å². The minimum atomic E-state index is -4.43. The van der Waals surface area contributed by atoms with E-state index in [0.29, 0.717) is 42.9 Å². The van der Waals surface area contributed by atoms with E-state index in [1.54, 1.807) is 24.3 Å². The predicted molar refractivity (Wildman–Crippen MR) is 322 cm³/mol. The molecule has 80 heavy (non-hydrogen) atoms. The molecule has 3 heterocycles. The molecule has 12 aromatic rings. The Labute approximate surface area is 472 Å². The third kappa shape index (κ3) is 11.7. The van der Waals surface area contributed by atoms with Gasteiger partial charge < -0.3 is 36.1 Å². The van der Waals surface area contributed by atoms with Crippen LogP contribution in [0.4, 0.5) is 13.2 Å². The zero-order chi connectivity index (χ0) is 53.9. The van der Waals surface area contributed by atoms with Crippen LogP contribution in [0.1, 0.15) is 54.1 Å². The van der Waals surface area contributed by atoms with Gasteiger partial charge >= 0.3 is 6.18 Å². The number of fused-ring (bicyclic) bond motifs is 6. The standard InChI is InChI=1S/C36H30F3N3O.C30H25N3O2.2ClH/c37-36(38,39)30-11-4-6-24(19-30)21-41-35(43)28-10-3-7-25(18-28)22-42-23-29(16-17-40)33-20-27(14-15-34(33)42)32-13-5-9-26-8-1-2-12-31(26)32;31-15-14-22-18-33(17-19-8-10-20(11-9-19)30(32)34)27-13-12-21(16-26(22)27)23-5-3-6-25-24-4-1-2-7-28(24)35-29(23)25;;/h1-15,18-20,23H,16-17,21-22,40H2,(H,41,43);1-13,16,18H,14-15,17,31H2,(H2,32,34);2*1H. The van der Waals surface area contributed by atoms with Crippen LogP contribution in [0.5, 0.6) is 0 Å². The molecule has 0 aliphatic carbocycles. The molecule has 0 spiro atoms. The maximum absolute atomic E-state index is 13.1. The summed E-state index contributed by atoms with van der Waals surface area (Å²) in [6.45, 7) is 2.34. The van der Waals surface area contributed by atoms with Crippen molar-refractivity contribution >= 4 is 91.1 Å². The molecular formula is C66H57Cl2F3N6O3. The summed E-state index contributed by atoms with van der Waals surface area (Å²) < 4.78 is 49.9. The first-order chi connectivity index (χ1) is 37.9. The molecule has 0 saturated heterocycles. The molecule has 9 nitrogen and oxygen atoms in total. The predicted octanol–water partition coefficient (Wildman–Crippen LogP) is 14.7. The average Bonchev–Trinajstić information content (AvgIpc) is 4.15. The zero-order valence-corrected chi connectivity index (χ0v) is 45.0. The van der Waals surface area contributed by atoms with E-state index in [2.05, 4.69) is 124 Å². The van der Waals surface area contributed by atoms with Crippen LogP contribution in [0.15, 0.2) is 211 Å². The molecule has 0 bridgehead atoms. The van der Waals surface area contributed by atoms with Crippen molar-refractivity contribution in [2.45, 2.75) is 38.7 Å². The van der Waals surface area contributed by atoms with E-state index in [0.717, 1.165) is 96.7 Å². The van der Waals surface area contributed by atoms with Gasteiger partial charge in [0.2, 0.25) is 5.91 Å². The Morgan fingerprint density at radius 2 is 1.07 bits per heavy atom. The van der Waals surface area contributed by atoms with Gasteiger partial charge in [0, 0.05) is 81.3 Å². The Hall–Kier alpha value is -8.65. The molecule has 0 radical (unpaired) electrons. The van der Waals surface area contributed by atoms with Crippen molar-refractivity contribution in [1.82, 2.24) is 14.5 Å². The van der Waals surface area contributed by atoms with E-state index >= 15 is 0 Å². The highest BCUT2D eigenvalue weighted by Gasteiger charge is 2.30. The number of carbonyl (C=O) groups is 2. The number of furan rings is 1. The summed E-state index contributed by atoms with van der Waals surface area (Å²) in [5, 5.41) is 9.72. The number of para-hydroxylation sites is 2. The molecule has 404 valence electrons. The number of aromatic nitrogens is 2. The maximum atomic E-state index is 13.1. The number of nitrogens with one attached hydrogen (secondary N) is 1. The molecule has 0 fully saturated rings. The van der Waals surface area contributed by atoms with Gasteiger partial charge in [-0.05, 0) is 148 Å². The van der Waals surface area contributed by atoms with E-state index in [-0.39, 0.29) is 37.3 Å². The molecule has 0 aliphatic rings. The van der Waals surface area contributed by atoms with Crippen molar-refractivity contribution in [3.05, 3.63) is 251 Å². The molecule has 12 rings (SSSR count). The molecule has 0 aliphatic heterocycles. The minimum Gasteiger partial charge on any atom is -0.455 e. The highest BCUT2D eigenvalue weighted by atomic mass is 35.5. The third-order valence-electron chi connectivity index (χ3n) is 14.4. The van der Waals surface area contributed by atoms with Crippen molar-refractivity contribution in [2.75, 3.05) is 13.1 Å². The zero-order valence-electron chi connectivity index (χ0n) is 43.4. The SMILES string of the molecule is Cl.Cl.NCCc1cn(Cc2ccc(C(N)=O)cc2)c2ccc(-c3cccc4c3oc3ccccc34)cc12.NCCc1cn(Cc2cccc(C(=O)NCc3cccc(C(F)(F)F)c3)c2)c2ccc(-c3cccc4ccccc34)cc12. The average molecular weight is 1110 g/mol. The van der Waals surface area contributed by atoms with Crippen molar-refractivity contribution in [2.24, 2.45) is 17.2 Å². The highest BCUT2D eigenvalue weighted by molar-refractivity contribution is 6.10. The number of rotatable bonds is 14. The number of amides is 2. The number of alkyl halides is 3. The van der Waals surface area contributed by atoms with Gasteiger partial charge in [-0.1, -0.05) is 127 Å². The largest absolute Gasteiger partial charge is 0.455 e. The number of hydrogen-bond acceptors (Lipinski definition) is 5. The second-order valence-corrected chi connectivity index (χ2v) is 19.6. The molecule has 9 aromatic carbocycles. The van der Waals surface area contributed by atoms with E-state index in [1.807, 2.05) is 54.6 Å². The van der Waals surface area contributed by atoms with Gasteiger partial charge in [0.25, 0.3) is 5.91 Å². The molecule has 0 saturated carbocycles. The lowest BCUT2D eigenvalue weighted by molar-refractivity contribution is -0.137. The first-order valence-electron chi connectivity index (χ1n) is 25.9. The van der Waals surface area contributed by atoms with Gasteiger partial charge in [-0.25, -0.2) is 0 Å². The molecular weight excluding hydrogens is 1050 g/mol. The summed E-state index contributed by atoms with van der Waals surface area (Å²) in [5.41, 5.74) is 30.9. The molecule has 2 amide bonds. The smallest absolute Gasteiger partial charge is 0.416 e. The third-order valence-corrected chi connectivity index (χ3v) is 14.4. The molecule has 0 atom stereocenters. The summed E-state index contributed by atoms with van der Waals surface area (Å²) >= 11 is 0. The fourth-order valence-electron chi connectivity index (χ4n) is 10.6. The first-order valence-corrected chi connectivity index (χ1v) is 25.9. The lowest BCUT2D eigenvalue weighted by Crippen LogP contribution is -2.23. The summed E-state index contributed by atoms with van der Waals surface area (Å²) in [5.74, 6) is -0.764. The van der Waals surface area contributed by atoms with Gasteiger partial charge in [-0.3, -0.25) is 9.59 Å². The lowest BCUT2D eigenvalue weighted by atomic mass is 9.96. The summed E-state index contributed by atoms with van der Waals surface area (Å²) in [7, 11) is 0. The van der Waals surface area contributed by atoms with Gasteiger partial charge in [0.1, 0.15) is 11.2 Å². The quantitative estimate of drug-likeness (QED) is 0.0856. The fraction of sp³-hybridized carbons (Fsp3) is 0.121. The van der Waals surface area contributed by atoms with E-state index in [1.165, 1.54) is 33.4 Å². The molecule has 0 unspecified atom stereocenters. The van der Waals surface area contributed by atoms with Crippen molar-refractivity contribution in [3.63, 3.8) is 0 Å². The Morgan fingerprint density at radius 1 is 0.512 bits per heavy atom. The molecule has 7 N–H and O–H groups in total. The Bertz CT molecular complexity index is 4200. The van der Waals surface area contributed by atoms with Crippen molar-refractivity contribution in [3.8, 4) is 22.3 Å². The topological polar surface area (TPSA) is 147 Å². The van der Waals surface area contributed by atoms with Crippen LogP contribution in [0.3, 0.4) is 0 Å². The number of primary amides is 1. The van der Waals surface area contributed by atoms with Crippen molar-refractivity contribution < 1.29 is 27.2 Å². The second-order valence-electron chi connectivity index (χ2n) is 19.6. The molecule has 3 aromatic heterocycles. The minimum absolute atomic E-state index is 0. The number of carbonyl (C=O) groups excluding carboxylic acids is 2. The fourth-order valence-corrected chi connectivity index (χ4v) is 10.6. The van der Waals surface area contributed by atoms with Crippen LogP contribution in [0.25, 0.3) is 76.8 Å². The van der Waals surface area contributed by atoms with Crippen LogP contribution in [0, 0.1) is 0 Å². The van der Waals surface area contributed by atoms with Crippen LogP contribution >= 0.6 is 24.8 Å². The van der Waals surface area contributed by atoms with Crippen LogP contribution < -0.4 is 22.5 Å². The Morgan fingerprint density at radius 3 is 1.75 bits per heavy atom. The Kier molecular flexibility index (Phi) is 16.9. The summed E-state index contributed by atoms with van der Waals surface area (Å²) in [4.78, 5) is 24.3. The second kappa shape index (κ2) is 24.2. The number of benzene rings is 9. The molecule has 14 heteroatoms. The van der Waals surface area contributed by atoms with Crippen LogP contribution in [-0.2, 0) is 38.7 Å². The van der Waals surface area contributed by atoms with Gasteiger partial charge in [0.05, 0.1) is 5.56 Å². The monoisotopic (exact) mass is 1110 g/mol. The van der Waals surface area contributed by atoms with Gasteiger partial charge in [-0.2, -0.15) is 13.2 Å². The van der Waals surface area contributed by atoms with Crippen LogP contribution in [-0.4, -0.2) is 34.0 Å². The van der Waals surface area contributed by atoms with Gasteiger partial charge in [-0.15, -0.1) is 24.8 Å². The first kappa shape index (κ1) is 56.1. The number of nitrogens with two attached hydrogens (primary N) is 3. The van der Waals surface area contributed by atoms with Gasteiger partial charge in [0.15, 0.2) is 0 Å². The van der Waals surface area contributed by atoms with Crippen LogP contribution in [0.2, 0.25) is 0 Å². The maximum Gasteiger partial charge on any atom is 0.416 e. The number of nitrogens with zero attached hydrogens (tertiary/aromatic N) is 2. The summed E-state index contributed by atoms with van der Waals surface area (Å²) in [6.07, 6.45) is 1.41. The van der Waals surface area contributed by atoms with E-state index < -0.39 is 17.6 Å². The summed E-state index contributed by atoms with van der Waals surface area (Å²) in [6, 6.07) is 62.0. The van der Waals surface area contributed by atoms with E-state index in [9.17, 15) is 22.8 Å². The number of halogens is 5. The highest BCUT2D eigenvalue weighted by Crippen LogP contribution is 2.38. The lowest BCUT2D eigenvalue weighted by Gasteiger charge is -2.11.